The molecule has 0 saturated carbocycles. The van der Waals surface area contributed by atoms with Crippen LogP contribution in [-0.2, 0) is 0 Å². The molecule has 2 nitrogen and oxygen atoms in total. The molecular formula is C13H8F2O2S. The van der Waals surface area contributed by atoms with E-state index in [2.05, 4.69) is 0 Å². The van der Waals surface area contributed by atoms with Crippen LogP contribution in [0.15, 0.2) is 52.3 Å². The van der Waals surface area contributed by atoms with E-state index in [1.807, 2.05) is 0 Å². The number of carbonyl (C=O) groups is 1. The van der Waals surface area contributed by atoms with E-state index in [1.165, 1.54) is 12.1 Å². The number of hydrogen-bond donors (Lipinski definition) is 1. The minimum atomic E-state index is -1.02. The van der Waals surface area contributed by atoms with E-state index >= 15 is 0 Å². The van der Waals surface area contributed by atoms with Crippen LogP contribution in [0.2, 0.25) is 0 Å². The van der Waals surface area contributed by atoms with Crippen LogP contribution in [0.3, 0.4) is 0 Å². The van der Waals surface area contributed by atoms with Gasteiger partial charge in [0.25, 0.3) is 0 Å². The van der Waals surface area contributed by atoms with Crippen molar-refractivity contribution >= 4 is 17.7 Å². The first-order chi connectivity index (χ1) is 8.56. The van der Waals surface area contributed by atoms with Gasteiger partial charge in [-0.25, -0.2) is 13.6 Å². The van der Waals surface area contributed by atoms with Crippen LogP contribution < -0.4 is 0 Å². The molecule has 0 aliphatic carbocycles. The summed E-state index contributed by atoms with van der Waals surface area (Å²) in [7, 11) is 0. The fourth-order valence-corrected chi connectivity index (χ4v) is 2.21. The molecule has 1 N–H and O–H groups in total. The lowest BCUT2D eigenvalue weighted by molar-refractivity contribution is 0.0697. The molecule has 5 heteroatoms. The number of carboxylic acid groups (broad SMARTS) is 1. The predicted molar refractivity (Wildman–Crippen MR) is 63.9 cm³/mol. The zero-order valence-electron chi connectivity index (χ0n) is 9.06. The number of rotatable bonds is 3. The summed E-state index contributed by atoms with van der Waals surface area (Å²) in [6.45, 7) is 0. The molecule has 0 amide bonds. The highest BCUT2D eigenvalue weighted by atomic mass is 32.2. The molecule has 0 aliphatic heterocycles. The fraction of sp³-hybridized carbons (Fsp3) is 0. The minimum absolute atomic E-state index is 0.152. The summed E-state index contributed by atoms with van der Waals surface area (Å²) in [6.07, 6.45) is 0. The van der Waals surface area contributed by atoms with Gasteiger partial charge in [-0.1, -0.05) is 11.8 Å². The Morgan fingerprint density at radius 1 is 1.06 bits per heavy atom. The van der Waals surface area contributed by atoms with E-state index in [-0.39, 0.29) is 10.5 Å². The van der Waals surface area contributed by atoms with Gasteiger partial charge in [-0.3, -0.25) is 0 Å². The first kappa shape index (κ1) is 12.6. The van der Waals surface area contributed by atoms with Gasteiger partial charge in [0.1, 0.15) is 11.6 Å². The van der Waals surface area contributed by atoms with Crippen LogP contribution in [0.25, 0.3) is 0 Å². The van der Waals surface area contributed by atoms with Gasteiger partial charge < -0.3 is 5.11 Å². The predicted octanol–water partition coefficient (Wildman–Crippen LogP) is 3.81. The second kappa shape index (κ2) is 5.18. The number of benzene rings is 2. The van der Waals surface area contributed by atoms with Crippen LogP contribution in [0.4, 0.5) is 8.78 Å². The van der Waals surface area contributed by atoms with Crippen molar-refractivity contribution in [3.05, 3.63) is 59.7 Å². The average molecular weight is 266 g/mol. The maximum absolute atomic E-state index is 13.4. The second-order valence-corrected chi connectivity index (χ2v) is 4.62. The average Bonchev–Trinajstić information content (AvgIpc) is 2.34. The summed E-state index contributed by atoms with van der Waals surface area (Å²) in [5.41, 5.74) is 0.152. The Hall–Kier alpha value is -1.88. The molecule has 0 radical (unpaired) electrons. The molecule has 0 heterocycles. The highest BCUT2D eigenvalue weighted by Gasteiger charge is 2.07. The lowest BCUT2D eigenvalue weighted by Crippen LogP contribution is -1.94. The summed E-state index contributed by atoms with van der Waals surface area (Å²) in [5, 5.41) is 8.73. The zero-order chi connectivity index (χ0) is 13.1. The van der Waals surface area contributed by atoms with Gasteiger partial charge in [-0.15, -0.1) is 0 Å². The van der Waals surface area contributed by atoms with Crippen molar-refractivity contribution in [1.82, 2.24) is 0 Å². The smallest absolute Gasteiger partial charge is 0.335 e. The lowest BCUT2D eigenvalue weighted by Gasteiger charge is -2.03. The Kier molecular flexibility index (Phi) is 3.62. The molecule has 0 aromatic heterocycles. The molecule has 92 valence electrons. The van der Waals surface area contributed by atoms with Crippen molar-refractivity contribution < 1.29 is 18.7 Å². The molecule has 2 rings (SSSR count). The molecule has 0 fully saturated rings. The molecule has 0 saturated heterocycles. The quantitative estimate of drug-likeness (QED) is 0.917. The van der Waals surface area contributed by atoms with Crippen LogP contribution in [0.5, 0.6) is 0 Å². The number of hydrogen-bond acceptors (Lipinski definition) is 2. The number of halogens is 2. The second-order valence-electron chi connectivity index (χ2n) is 3.51. The van der Waals surface area contributed by atoms with Gasteiger partial charge in [0.2, 0.25) is 0 Å². The molecule has 0 unspecified atom stereocenters. The third-order valence-electron chi connectivity index (χ3n) is 2.22. The SMILES string of the molecule is O=C(O)c1ccc(Sc2cc(F)ccc2F)cc1. The van der Waals surface area contributed by atoms with E-state index < -0.39 is 17.6 Å². The van der Waals surface area contributed by atoms with Crippen molar-refractivity contribution in [3.63, 3.8) is 0 Å². The van der Waals surface area contributed by atoms with Crippen molar-refractivity contribution in [2.45, 2.75) is 9.79 Å². The lowest BCUT2D eigenvalue weighted by atomic mass is 10.2. The molecular weight excluding hydrogens is 258 g/mol. The maximum atomic E-state index is 13.4. The Morgan fingerprint density at radius 3 is 2.33 bits per heavy atom. The molecule has 0 aliphatic rings. The van der Waals surface area contributed by atoms with Crippen LogP contribution in [0, 0.1) is 11.6 Å². The van der Waals surface area contributed by atoms with Gasteiger partial charge in [0.05, 0.1) is 10.5 Å². The van der Waals surface area contributed by atoms with Gasteiger partial charge in [0, 0.05) is 4.90 Å². The van der Waals surface area contributed by atoms with Crippen LogP contribution >= 0.6 is 11.8 Å². The van der Waals surface area contributed by atoms with E-state index in [0.29, 0.717) is 4.90 Å². The molecule has 0 atom stereocenters. The first-order valence-electron chi connectivity index (χ1n) is 5.02. The fourth-order valence-electron chi connectivity index (χ4n) is 1.35. The van der Waals surface area contributed by atoms with E-state index in [9.17, 15) is 13.6 Å². The summed E-state index contributed by atoms with van der Waals surface area (Å²) < 4.78 is 26.3. The van der Waals surface area contributed by atoms with Crippen molar-refractivity contribution in [2.75, 3.05) is 0 Å². The molecule has 0 bridgehead atoms. The van der Waals surface area contributed by atoms with Gasteiger partial charge in [-0.2, -0.15) is 0 Å². The molecule has 2 aromatic rings. The van der Waals surface area contributed by atoms with Crippen LogP contribution in [0.1, 0.15) is 10.4 Å². The summed E-state index contributed by atoms with van der Waals surface area (Å²) in [6, 6.07) is 9.15. The number of aromatic carboxylic acids is 1. The topological polar surface area (TPSA) is 37.3 Å². The van der Waals surface area contributed by atoms with Gasteiger partial charge in [-0.05, 0) is 42.5 Å². The van der Waals surface area contributed by atoms with Gasteiger partial charge in [0.15, 0.2) is 0 Å². The Bertz CT molecular complexity index is 582. The summed E-state index contributed by atoms with van der Waals surface area (Å²) in [4.78, 5) is 11.5. The highest BCUT2D eigenvalue weighted by molar-refractivity contribution is 7.99. The van der Waals surface area contributed by atoms with E-state index in [0.717, 1.165) is 30.0 Å². The third kappa shape index (κ3) is 2.87. The standard InChI is InChI=1S/C13H8F2O2S/c14-9-3-6-11(15)12(7-9)18-10-4-1-8(2-5-10)13(16)17/h1-7H,(H,16,17). The Labute approximate surface area is 106 Å². The van der Waals surface area contributed by atoms with E-state index in [4.69, 9.17) is 5.11 Å². The summed E-state index contributed by atoms with van der Waals surface area (Å²) in [5.74, 6) is -2.05. The van der Waals surface area contributed by atoms with Crippen molar-refractivity contribution in [3.8, 4) is 0 Å². The van der Waals surface area contributed by atoms with Crippen molar-refractivity contribution in [1.29, 1.82) is 0 Å². The Morgan fingerprint density at radius 2 is 1.72 bits per heavy atom. The Balaban J connectivity index is 2.23. The number of carboxylic acids is 1. The third-order valence-corrected chi connectivity index (χ3v) is 3.26. The monoisotopic (exact) mass is 266 g/mol. The van der Waals surface area contributed by atoms with Gasteiger partial charge >= 0.3 is 5.97 Å². The zero-order valence-corrected chi connectivity index (χ0v) is 9.88. The normalized spacial score (nSPS) is 10.3. The molecule has 2 aromatic carbocycles. The minimum Gasteiger partial charge on any atom is -0.478 e. The maximum Gasteiger partial charge on any atom is 0.335 e. The molecule has 18 heavy (non-hydrogen) atoms. The molecule has 0 spiro atoms. The summed E-state index contributed by atoms with van der Waals surface area (Å²) >= 11 is 1.04. The first-order valence-corrected chi connectivity index (χ1v) is 5.84. The van der Waals surface area contributed by atoms with Crippen molar-refractivity contribution in [2.24, 2.45) is 0 Å². The van der Waals surface area contributed by atoms with E-state index in [1.54, 1.807) is 12.1 Å². The highest BCUT2D eigenvalue weighted by Crippen LogP contribution is 2.30. The van der Waals surface area contributed by atoms with Crippen LogP contribution in [-0.4, -0.2) is 11.1 Å². The largest absolute Gasteiger partial charge is 0.478 e.